The molecule has 5 nitrogen and oxygen atoms in total. The molecule has 1 aromatic carbocycles. The number of aromatic nitrogens is 1. The van der Waals surface area contributed by atoms with Crippen LogP contribution in [0.5, 0.6) is 5.75 Å². The Kier molecular flexibility index (Phi) is 2.13. The number of hydrogen-bond donors (Lipinski definition) is 2. The van der Waals surface area contributed by atoms with Crippen LogP contribution in [0, 0.1) is 0 Å². The van der Waals surface area contributed by atoms with E-state index in [9.17, 15) is 9.90 Å². The fraction of sp³-hybridized carbons (Fsp3) is 0. The van der Waals surface area contributed by atoms with Gasteiger partial charge in [0.25, 0.3) is 0 Å². The van der Waals surface area contributed by atoms with Gasteiger partial charge in [-0.2, -0.15) is 0 Å². The zero-order valence-corrected chi connectivity index (χ0v) is 7.54. The Hall–Kier alpha value is -2.30. The summed E-state index contributed by atoms with van der Waals surface area (Å²) in [5, 5.41) is 18.0. The molecular weight excluding hydrogens is 198 g/mol. The summed E-state index contributed by atoms with van der Waals surface area (Å²) >= 11 is 0. The molecule has 2 N–H and O–H groups in total. The first-order valence-electron chi connectivity index (χ1n) is 4.14. The summed E-state index contributed by atoms with van der Waals surface area (Å²) in [4.78, 5) is 14.3. The van der Waals surface area contributed by atoms with Crippen LogP contribution in [0.1, 0.15) is 10.5 Å². The van der Waals surface area contributed by atoms with Crippen molar-refractivity contribution in [3.05, 3.63) is 36.4 Å². The highest BCUT2D eigenvalue weighted by Gasteiger charge is 2.17. The molecule has 1 heterocycles. The Balaban J connectivity index is 2.54. The molecule has 0 aliphatic rings. The zero-order chi connectivity index (χ0) is 10.8. The number of carbonyl (C=O) groups is 1. The summed E-state index contributed by atoms with van der Waals surface area (Å²) in [6.45, 7) is 0. The molecule has 76 valence electrons. The molecule has 0 atom stereocenters. The number of aromatic carboxylic acids is 1. The maximum absolute atomic E-state index is 10.8. The minimum Gasteiger partial charge on any atom is -0.508 e. The summed E-state index contributed by atoms with van der Waals surface area (Å²) in [5.41, 5.74) is 0.311. The third-order valence-electron chi connectivity index (χ3n) is 1.88. The van der Waals surface area contributed by atoms with Gasteiger partial charge in [-0.1, -0.05) is 12.1 Å². The average Bonchev–Trinajstić information content (AvgIpc) is 2.65. The van der Waals surface area contributed by atoms with E-state index >= 15 is 0 Å². The lowest BCUT2D eigenvalue weighted by atomic mass is 10.1. The Morgan fingerprint density at radius 1 is 1.40 bits per heavy atom. The van der Waals surface area contributed by atoms with Gasteiger partial charge in [0.2, 0.25) is 0 Å². The fourth-order valence-electron chi connectivity index (χ4n) is 1.25. The van der Waals surface area contributed by atoms with Crippen molar-refractivity contribution < 1.29 is 19.4 Å². The molecule has 0 fully saturated rings. The van der Waals surface area contributed by atoms with Gasteiger partial charge in [0.15, 0.2) is 17.8 Å². The minimum atomic E-state index is -1.16. The number of phenolic OH excluding ortho intramolecular Hbond substituents is 1. The molecule has 15 heavy (non-hydrogen) atoms. The van der Waals surface area contributed by atoms with Crippen molar-refractivity contribution in [2.75, 3.05) is 0 Å². The first-order chi connectivity index (χ1) is 7.18. The SMILES string of the molecule is O=C(O)c1ncoc1-c1cccc(O)c1. The van der Waals surface area contributed by atoms with E-state index in [0.717, 1.165) is 6.39 Å². The number of rotatable bonds is 2. The van der Waals surface area contributed by atoms with Crippen molar-refractivity contribution in [2.45, 2.75) is 0 Å². The normalized spacial score (nSPS) is 10.1. The number of aromatic hydroxyl groups is 1. The van der Waals surface area contributed by atoms with Gasteiger partial charge >= 0.3 is 5.97 Å². The summed E-state index contributed by atoms with van der Waals surface area (Å²) < 4.78 is 4.96. The Morgan fingerprint density at radius 3 is 2.87 bits per heavy atom. The fourth-order valence-corrected chi connectivity index (χ4v) is 1.25. The van der Waals surface area contributed by atoms with E-state index in [1.54, 1.807) is 12.1 Å². The van der Waals surface area contributed by atoms with E-state index in [4.69, 9.17) is 9.52 Å². The molecule has 0 amide bonds. The van der Waals surface area contributed by atoms with Gasteiger partial charge in [-0.15, -0.1) is 0 Å². The van der Waals surface area contributed by atoms with E-state index in [2.05, 4.69) is 4.98 Å². The summed E-state index contributed by atoms with van der Waals surface area (Å²) in [6, 6.07) is 6.12. The molecule has 0 aliphatic heterocycles. The lowest BCUT2D eigenvalue weighted by molar-refractivity contribution is 0.0691. The predicted molar refractivity (Wildman–Crippen MR) is 50.6 cm³/mol. The maximum Gasteiger partial charge on any atom is 0.358 e. The molecule has 0 saturated carbocycles. The van der Waals surface area contributed by atoms with Crippen molar-refractivity contribution in [3.63, 3.8) is 0 Å². The van der Waals surface area contributed by atoms with E-state index in [1.807, 2.05) is 0 Å². The molecule has 0 radical (unpaired) electrons. The lowest BCUT2D eigenvalue weighted by Crippen LogP contribution is -1.98. The highest BCUT2D eigenvalue weighted by atomic mass is 16.4. The van der Waals surface area contributed by atoms with Crippen LogP contribution in [-0.4, -0.2) is 21.2 Å². The molecule has 0 aliphatic carbocycles. The van der Waals surface area contributed by atoms with Gasteiger partial charge in [-0.05, 0) is 12.1 Å². The Morgan fingerprint density at radius 2 is 2.20 bits per heavy atom. The summed E-state index contributed by atoms with van der Waals surface area (Å²) in [7, 11) is 0. The van der Waals surface area contributed by atoms with Crippen molar-refractivity contribution in [2.24, 2.45) is 0 Å². The number of hydrogen-bond acceptors (Lipinski definition) is 4. The number of carboxylic acid groups (broad SMARTS) is 1. The highest BCUT2D eigenvalue weighted by Crippen LogP contribution is 2.25. The number of phenols is 1. The van der Waals surface area contributed by atoms with Gasteiger partial charge in [0.05, 0.1) is 0 Å². The van der Waals surface area contributed by atoms with Crippen LogP contribution >= 0.6 is 0 Å². The molecule has 0 bridgehead atoms. The number of oxazole rings is 1. The van der Waals surface area contributed by atoms with Gasteiger partial charge in [0.1, 0.15) is 5.75 Å². The number of nitrogens with zero attached hydrogens (tertiary/aromatic N) is 1. The quantitative estimate of drug-likeness (QED) is 0.780. The standard InChI is InChI=1S/C10H7NO4/c12-7-3-1-2-6(4-7)9-8(10(13)14)11-5-15-9/h1-5,12H,(H,13,14). The van der Waals surface area contributed by atoms with Crippen LogP contribution in [0.25, 0.3) is 11.3 Å². The van der Waals surface area contributed by atoms with Gasteiger partial charge in [-0.3, -0.25) is 0 Å². The van der Waals surface area contributed by atoms with E-state index in [1.165, 1.54) is 12.1 Å². The molecule has 5 heteroatoms. The largest absolute Gasteiger partial charge is 0.508 e. The highest BCUT2D eigenvalue weighted by molar-refractivity contribution is 5.92. The third-order valence-corrected chi connectivity index (χ3v) is 1.88. The van der Waals surface area contributed by atoms with Crippen molar-refractivity contribution in [3.8, 4) is 17.1 Å². The lowest BCUT2D eigenvalue weighted by Gasteiger charge is -1.98. The molecule has 2 rings (SSSR count). The third kappa shape index (κ3) is 1.67. The molecule has 0 unspecified atom stereocenters. The van der Waals surface area contributed by atoms with Crippen LogP contribution in [0.3, 0.4) is 0 Å². The number of carboxylic acids is 1. The Bertz CT molecular complexity index is 504. The molecule has 2 aromatic rings. The van der Waals surface area contributed by atoms with Crippen LogP contribution in [0.15, 0.2) is 35.1 Å². The van der Waals surface area contributed by atoms with E-state index in [0.29, 0.717) is 5.56 Å². The summed E-state index contributed by atoms with van der Waals surface area (Å²) in [5.74, 6) is -0.985. The van der Waals surface area contributed by atoms with Crippen LogP contribution in [-0.2, 0) is 0 Å². The second kappa shape index (κ2) is 3.45. The van der Waals surface area contributed by atoms with Crippen molar-refractivity contribution >= 4 is 5.97 Å². The monoisotopic (exact) mass is 205 g/mol. The average molecular weight is 205 g/mol. The Labute approximate surface area is 84.6 Å². The van der Waals surface area contributed by atoms with Gasteiger partial charge < -0.3 is 14.6 Å². The zero-order valence-electron chi connectivity index (χ0n) is 7.54. The summed E-state index contributed by atoms with van der Waals surface area (Å²) in [6.07, 6.45) is 1.06. The van der Waals surface area contributed by atoms with E-state index in [-0.39, 0.29) is 17.2 Å². The van der Waals surface area contributed by atoms with Crippen LogP contribution in [0.2, 0.25) is 0 Å². The minimum absolute atomic E-state index is 0.0419. The van der Waals surface area contributed by atoms with Gasteiger partial charge in [0, 0.05) is 5.56 Å². The molecule has 1 aromatic heterocycles. The topological polar surface area (TPSA) is 83.6 Å². The van der Waals surface area contributed by atoms with Crippen molar-refractivity contribution in [1.29, 1.82) is 0 Å². The predicted octanol–water partition coefficient (Wildman–Crippen LogP) is 1.75. The first-order valence-corrected chi connectivity index (χ1v) is 4.14. The van der Waals surface area contributed by atoms with Crippen molar-refractivity contribution in [1.82, 2.24) is 4.98 Å². The van der Waals surface area contributed by atoms with Crippen LogP contribution < -0.4 is 0 Å². The number of benzene rings is 1. The van der Waals surface area contributed by atoms with E-state index < -0.39 is 5.97 Å². The second-order valence-corrected chi connectivity index (χ2v) is 2.89. The smallest absolute Gasteiger partial charge is 0.358 e. The van der Waals surface area contributed by atoms with Crippen LogP contribution in [0.4, 0.5) is 0 Å². The molecule has 0 saturated heterocycles. The molecular formula is C10H7NO4. The maximum atomic E-state index is 10.8. The van der Waals surface area contributed by atoms with Gasteiger partial charge in [-0.25, -0.2) is 9.78 Å². The second-order valence-electron chi connectivity index (χ2n) is 2.89. The molecule has 0 spiro atoms. The first kappa shape index (κ1) is 9.26.